The Morgan fingerprint density at radius 2 is 2.14 bits per heavy atom. The fraction of sp³-hybridized carbons (Fsp3) is 0.273. The number of nitrogens with zero attached hydrogens (tertiary/aromatic N) is 2. The van der Waals surface area contributed by atoms with E-state index in [2.05, 4.69) is 17.0 Å². The molecule has 6 heteroatoms. The summed E-state index contributed by atoms with van der Waals surface area (Å²) in [7, 11) is 0. The van der Waals surface area contributed by atoms with E-state index in [0.717, 1.165) is 36.4 Å². The van der Waals surface area contributed by atoms with E-state index in [1.165, 1.54) is 0 Å². The van der Waals surface area contributed by atoms with Crippen molar-refractivity contribution in [3.8, 4) is 5.75 Å². The zero-order valence-electron chi connectivity index (χ0n) is 16.1. The maximum atomic E-state index is 12.2. The van der Waals surface area contributed by atoms with E-state index < -0.39 is 0 Å². The number of benzene rings is 1. The Kier molecular flexibility index (Phi) is 6.68. The molecule has 1 amide bonds. The Labute approximate surface area is 164 Å². The number of furan rings is 1. The summed E-state index contributed by atoms with van der Waals surface area (Å²) < 4.78 is 13.3. The highest BCUT2D eigenvalue weighted by molar-refractivity contribution is 5.91. The second-order valence-electron chi connectivity index (χ2n) is 6.48. The molecule has 0 radical (unpaired) electrons. The van der Waals surface area contributed by atoms with Crippen LogP contribution in [0.3, 0.4) is 0 Å². The highest BCUT2D eigenvalue weighted by Crippen LogP contribution is 2.20. The molecular formula is C22H25N3O3. The van der Waals surface area contributed by atoms with Gasteiger partial charge in [-0.25, -0.2) is 0 Å². The lowest BCUT2D eigenvalue weighted by Crippen LogP contribution is -2.24. The third-order valence-electron chi connectivity index (χ3n) is 4.22. The van der Waals surface area contributed by atoms with Gasteiger partial charge in [0.1, 0.15) is 18.1 Å². The van der Waals surface area contributed by atoms with Crippen LogP contribution in [0.4, 0.5) is 0 Å². The topological polar surface area (TPSA) is 69.3 Å². The number of nitrogens with one attached hydrogen (secondary N) is 1. The van der Waals surface area contributed by atoms with Gasteiger partial charge in [0, 0.05) is 19.3 Å². The van der Waals surface area contributed by atoms with Crippen molar-refractivity contribution < 1.29 is 13.9 Å². The van der Waals surface area contributed by atoms with Crippen LogP contribution >= 0.6 is 0 Å². The van der Waals surface area contributed by atoms with Gasteiger partial charge in [0.2, 0.25) is 0 Å². The fourth-order valence-electron chi connectivity index (χ4n) is 2.81. The molecule has 0 spiro atoms. The van der Waals surface area contributed by atoms with Crippen molar-refractivity contribution in [2.75, 3.05) is 6.54 Å². The molecule has 0 atom stereocenters. The van der Waals surface area contributed by atoms with Crippen LogP contribution in [-0.2, 0) is 19.6 Å². The lowest BCUT2D eigenvalue weighted by molar-refractivity contribution is 0.0920. The number of hydrogen-bond acceptors (Lipinski definition) is 4. The number of rotatable bonds is 10. The van der Waals surface area contributed by atoms with E-state index in [1.54, 1.807) is 12.1 Å². The number of allylic oxidation sites excluding steroid dienone is 1. The van der Waals surface area contributed by atoms with E-state index in [-0.39, 0.29) is 18.3 Å². The molecule has 0 saturated carbocycles. The summed E-state index contributed by atoms with van der Waals surface area (Å²) in [4.78, 5) is 12.2. The molecule has 3 rings (SSSR count). The monoisotopic (exact) mass is 379 g/mol. The van der Waals surface area contributed by atoms with Crippen molar-refractivity contribution in [3.63, 3.8) is 0 Å². The lowest BCUT2D eigenvalue weighted by atomic mass is 10.1. The van der Waals surface area contributed by atoms with Crippen LogP contribution in [0.5, 0.6) is 5.75 Å². The average Bonchev–Trinajstić information content (AvgIpc) is 3.34. The number of hydrogen-bond donors (Lipinski definition) is 1. The van der Waals surface area contributed by atoms with Gasteiger partial charge < -0.3 is 14.5 Å². The molecular weight excluding hydrogens is 354 g/mol. The van der Waals surface area contributed by atoms with E-state index in [9.17, 15) is 4.79 Å². The molecule has 0 saturated heterocycles. The van der Waals surface area contributed by atoms with Crippen molar-refractivity contribution in [2.45, 2.75) is 32.9 Å². The first-order valence-corrected chi connectivity index (χ1v) is 9.34. The third-order valence-corrected chi connectivity index (χ3v) is 4.22. The summed E-state index contributed by atoms with van der Waals surface area (Å²) >= 11 is 0. The van der Waals surface area contributed by atoms with Gasteiger partial charge >= 0.3 is 0 Å². The standard InChI is InChI=1S/C22H25N3O3/c1-3-7-18-8-4-5-9-20(18)27-16-19-10-11-21(28-19)22(26)23-13-6-14-25-15-12-17(2)24-25/h3-5,8-12,15H,1,6-7,13-14,16H2,2H3,(H,23,26). The van der Waals surface area contributed by atoms with Crippen molar-refractivity contribution in [2.24, 2.45) is 0 Å². The summed E-state index contributed by atoms with van der Waals surface area (Å²) in [6.45, 7) is 7.29. The summed E-state index contributed by atoms with van der Waals surface area (Å²) in [6.07, 6.45) is 5.30. The average molecular weight is 379 g/mol. The minimum Gasteiger partial charge on any atom is -0.485 e. The fourth-order valence-corrected chi connectivity index (χ4v) is 2.81. The number of amides is 1. The molecule has 2 heterocycles. The van der Waals surface area contributed by atoms with Crippen LogP contribution in [0.1, 0.15) is 34.0 Å². The number of aromatic nitrogens is 2. The number of aryl methyl sites for hydroxylation is 2. The smallest absolute Gasteiger partial charge is 0.286 e. The molecule has 0 aliphatic rings. The second-order valence-corrected chi connectivity index (χ2v) is 6.48. The highest BCUT2D eigenvalue weighted by atomic mass is 16.5. The number of ether oxygens (including phenoxy) is 1. The molecule has 2 aromatic heterocycles. The first kappa shape index (κ1) is 19.5. The van der Waals surface area contributed by atoms with Crippen LogP contribution in [0.15, 0.2) is 65.7 Å². The van der Waals surface area contributed by atoms with Crippen LogP contribution in [0.2, 0.25) is 0 Å². The first-order valence-electron chi connectivity index (χ1n) is 9.34. The number of carbonyl (C=O) groups is 1. The van der Waals surface area contributed by atoms with Crippen molar-refractivity contribution in [1.29, 1.82) is 0 Å². The van der Waals surface area contributed by atoms with Crippen molar-refractivity contribution in [3.05, 3.63) is 84.1 Å². The molecule has 146 valence electrons. The van der Waals surface area contributed by atoms with Crippen LogP contribution in [0.25, 0.3) is 0 Å². The van der Waals surface area contributed by atoms with E-state index in [1.807, 2.05) is 54.2 Å². The van der Waals surface area contributed by atoms with Crippen molar-refractivity contribution >= 4 is 5.91 Å². The summed E-state index contributed by atoms with van der Waals surface area (Å²) in [5.41, 5.74) is 2.05. The van der Waals surface area contributed by atoms with Gasteiger partial charge in [0.05, 0.1) is 5.69 Å². The maximum absolute atomic E-state index is 12.2. The zero-order valence-corrected chi connectivity index (χ0v) is 16.1. The molecule has 28 heavy (non-hydrogen) atoms. The van der Waals surface area contributed by atoms with Gasteiger partial charge in [-0.2, -0.15) is 5.10 Å². The predicted molar refractivity (Wildman–Crippen MR) is 107 cm³/mol. The summed E-state index contributed by atoms with van der Waals surface area (Å²) in [5, 5.41) is 7.18. The number of para-hydroxylation sites is 1. The first-order chi connectivity index (χ1) is 13.7. The second kappa shape index (κ2) is 9.60. The Bertz CT molecular complexity index is 927. The van der Waals surface area contributed by atoms with Gasteiger partial charge in [0.25, 0.3) is 5.91 Å². The molecule has 0 fully saturated rings. The lowest BCUT2D eigenvalue weighted by Gasteiger charge is -2.09. The Balaban J connectivity index is 1.45. The van der Waals surface area contributed by atoms with E-state index >= 15 is 0 Å². The van der Waals surface area contributed by atoms with Gasteiger partial charge in [-0.1, -0.05) is 24.3 Å². The summed E-state index contributed by atoms with van der Waals surface area (Å²) in [6, 6.07) is 13.2. The number of carbonyl (C=O) groups excluding carboxylic acids is 1. The molecule has 0 bridgehead atoms. The van der Waals surface area contributed by atoms with Crippen LogP contribution in [0, 0.1) is 6.92 Å². The highest BCUT2D eigenvalue weighted by Gasteiger charge is 2.11. The normalized spacial score (nSPS) is 10.6. The minimum absolute atomic E-state index is 0.227. The Morgan fingerprint density at radius 3 is 2.93 bits per heavy atom. The van der Waals surface area contributed by atoms with Gasteiger partial charge in [-0.15, -0.1) is 6.58 Å². The largest absolute Gasteiger partial charge is 0.485 e. The molecule has 1 aromatic carbocycles. The third kappa shape index (κ3) is 5.36. The molecule has 1 N–H and O–H groups in total. The molecule has 0 aliphatic carbocycles. The molecule has 0 aliphatic heterocycles. The SMILES string of the molecule is C=CCc1ccccc1OCc1ccc(C(=O)NCCCn2ccc(C)n2)o1. The summed E-state index contributed by atoms with van der Waals surface area (Å²) in [5.74, 6) is 1.45. The van der Waals surface area contributed by atoms with Gasteiger partial charge in [-0.3, -0.25) is 9.48 Å². The Morgan fingerprint density at radius 1 is 1.29 bits per heavy atom. The molecule has 3 aromatic rings. The van der Waals surface area contributed by atoms with E-state index in [0.29, 0.717) is 12.3 Å². The van der Waals surface area contributed by atoms with Gasteiger partial charge in [0.15, 0.2) is 5.76 Å². The predicted octanol–water partition coefficient (Wildman–Crippen LogP) is 3.91. The Hall–Kier alpha value is -3.28. The van der Waals surface area contributed by atoms with Crippen LogP contribution in [-0.4, -0.2) is 22.2 Å². The van der Waals surface area contributed by atoms with Crippen LogP contribution < -0.4 is 10.1 Å². The molecule has 6 nitrogen and oxygen atoms in total. The van der Waals surface area contributed by atoms with Gasteiger partial charge in [-0.05, 0) is 49.6 Å². The minimum atomic E-state index is -0.227. The molecule has 0 unspecified atom stereocenters. The zero-order chi connectivity index (χ0) is 19.8. The van der Waals surface area contributed by atoms with Crippen molar-refractivity contribution in [1.82, 2.24) is 15.1 Å². The quantitative estimate of drug-likeness (QED) is 0.428. The van der Waals surface area contributed by atoms with E-state index in [4.69, 9.17) is 9.15 Å². The maximum Gasteiger partial charge on any atom is 0.286 e.